The maximum Gasteiger partial charge on any atom is 0.407 e. The van der Waals surface area contributed by atoms with Gasteiger partial charge in [0.2, 0.25) is 0 Å². The highest BCUT2D eigenvalue weighted by Gasteiger charge is 2.41. The summed E-state index contributed by atoms with van der Waals surface area (Å²) in [6.07, 6.45) is 1.17. The van der Waals surface area contributed by atoms with E-state index in [1.54, 1.807) is 13.8 Å². The minimum Gasteiger partial charge on any atom is -0.478 e. The van der Waals surface area contributed by atoms with Crippen LogP contribution in [-0.2, 0) is 13.6 Å². The monoisotopic (exact) mass is 372 g/mol. The average molecular weight is 373 g/mol. The van der Waals surface area contributed by atoms with E-state index in [-0.39, 0.29) is 0 Å². The smallest absolute Gasteiger partial charge is 0.407 e. The first-order valence-electron chi connectivity index (χ1n) is 8.73. The van der Waals surface area contributed by atoms with Gasteiger partial charge in [-0.3, -0.25) is 0 Å². The third kappa shape index (κ3) is 6.59. The fourth-order valence-corrected chi connectivity index (χ4v) is 5.67. The molecule has 0 fully saturated rings. The van der Waals surface area contributed by atoms with Crippen molar-refractivity contribution in [2.24, 2.45) is 0 Å². The van der Waals surface area contributed by atoms with Crippen LogP contribution in [0.25, 0.3) is 0 Å². The number of rotatable bonds is 7. The van der Waals surface area contributed by atoms with Crippen molar-refractivity contribution in [2.75, 3.05) is 13.2 Å². The average Bonchev–Trinajstić information content (AvgIpc) is 2.62. The summed E-state index contributed by atoms with van der Waals surface area (Å²) in [7, 11) is -2.55. The number of carbonyl (C=O) groups is 1. The second kappa shape index (κ2) is 11.4. The molecule has 0 saturated carbocycles. The summed E-state index contributed by atoms with van der Waals surface area (Å²) in [6.45, 7) is 8.83. The Morgan fingerprint density at radius 2 is 1.27 bits per heavy atom. The van der Waals surface area contributed by atoms with Crippen LogP contribution in [0.2, 0.25) is 0 Å². The molecule has 0 heterocycles. The Labute approximate surface area is 157 Å². The van der Waals surface area contributed by atoms with Crippen molar-refractivity contribution in [1.29, 1.82) is 0 Å². The minimum atomic E-state index is -2.55. The molecular formula is C21H28O4Si. The predicted octanol–water partition coefficient (Wildman–Crippen LogP) is 3.35. The lowest BCUT2D eigenvalue weighted by Crippen LogP contribution is -2.63. The van der Waals surface area contributed by atoms with E-state index in [0.717, 1.165) is 15.9 Å². The molecule has 0 amide bonds. The Morgan fingerprint density at radius 1 is 0.885 bits per heavy atom. The molecule has 2 rings (SSSR count). The summed E-state index contributed by atoms with van der Waals surface area (Å²) in [5.41, 5.74) is 0.813. The molecule has 26 heavy (non-hydrogen) atoms. The van der Waals surface area contributed by atoms with Crippen molar-refractivity contribution < 1.29 is 18.8 Å². The maximum absolute atomic E-state index is 9.73. The molecule has 2 aromatic carbocycles. The van der Waals surface area contributed by atoms with Gasteiger partial charge in [0.05, 0.1) is 0 Å². The lowest BCUT2D eigenvalue weighted by molar-refractivity contribution is -0.131. The molecule has 0 spiro atoms. The molecule has 1 N–H and O–H groups in total. The fourth-order valence-electron chi connectivity index (χ4n) is 2.51. The van der Waals surface area contributed by atoms with Crippen molar-refractivity contribution in [2.45, 2.75) is 27.7 Å². The molecule has 0 radical (unpaired) electrons. The van der Waals surface area contributed by atoms with Gasteiger partial charge in [0, 0.05) is 19.3 Å². The second-order valence-electron chi connectivity index (χ2n) is 5.77. The zero-order chi connectivity index (χ0) is 19.4. The maximum atomic E-state index is 9.73. The Hall–Kier alpha value is -2.21. The number of carboxylic acid groups (broad SMARTS) is 1. The van der Waals surface area contributed by atoms with Gasteiger partial charge in [-0.1, -0.05) is 66.2 Å². The van der Waals surface area contributed by atoms with Gasteiger partial charge in [0.1, 0.15) is 0 Å². The van der Waals surface area contributed by atoms with Gasteiger partial charge in [-0.2, -0.15) is 0 Å². The van der Waals surface area contributed by atoms with E-state index in [4.69, 9.17) is 14.0 Å². The van der Waals surface area contributed by atoms with Gasteiger partial charge in [-0.25, -0.2) is 4.79 Å². The lowest BCUT2D eigenvalue weighted by Gasteiger charge is -2.30. The van der Waals surface area contributed by atoms with Crippen LogP contribution in [0.4, 0.5) is 0 Å². The van der Waals surface area contributed by atoms with E-state index >= 15 is 0 Å². The number of benzene rings is 2. The van der Waals surface area contributed by atoms with Crippen LogP contribution in [0.5, 0.6) is 0 Å². The molecule has 0 aromatic heterocycles. The van der Waals surface area contributed by atoms with Gasteiger partial charge in [-0.05, 0) is 38.1 Å². The highest BCUT2D eigenvalue weighted by Crippen LogP contribution is 2.09. The van der Waals surface area contributed by atoms with E-state index in [1.165, 1.54) is 6.08 Å². The summed E-state index contributed by atoms with van der Waals surface area (Å²) < 4.78 is 12.3. The number of carboxylic acids is 1. The van der Waals surface area contributed by atoms with E-state index in [9.17, 15) is 4.79 Å². The third-order valence-corrected chi connectivity index (χ3v) is 6.99. The molecule has 0 aliphatic rings. The van der Waals surface area contributed by atoms with E-state index < -0.39 is 14.5 Å². The van der Waals surface area contributed by atoms with Crippen LogP contribution in [0.1, 0.15) is 27.7 Å². The fraction of sp³-hybridized carbons (Fsp3) is 0.286. The molecular weight excluding hydrogens is 344 g/mol. The van der Waals surface area contributed by atoms with Gasteiger partial charge >= 0.3 is 14.5 Å². The van der Waals surface area contributed by atoms with Crippen molar-refractivity contribution in [1.82, 2.24) is 0 Å². The van der Waals surface area contributed by atoms with E-state index in [2.05, 4.69) is 24.3 Å². The van der Waals surface area contributed by atoms with Crippen LogP contribution in [-0.4, -0.2) is 32.9 Å². The Kier molecular flexibility index (Phi) is 9.58. The van der Waals surface area contributed by atoms with Gasteiger partial charge in [0.25, 0.3) is 0 Å². The zero-order valence-electron chi connectivity index (χ0n) is 15.9. The van der Waals surface area contributed by atoms with E-state index in [0.29, 0.717) is 13.2 Å². The summed E-state index contributed by atoms with van der Waals surface area (Å²) in [6, 6.07) is 20.6. The van der Waals surface area contributed by atoms with Crippen molar-refractivity contribution in [3.8, 4) is 0 Å². The van der Waals surface area contributed by atoms with Gasteiger partial charge < -0.3 is 14.0 Å². The quantitative estimate of drug-likeness (QED) is 0.598. The Bertz CT molecular complexity index is 632. The first kappa shape index (κ1) is 21.8. The number of hydrogen-bond donors (Lipinski definition) is 1. The molecule has 2 aromatic rings. The van der Waals surface area contributed by atoms with Crippen molar-refractivity contribution in [3.05, 3.63) is 72.3 Å². The highest BCUT2D eigenvalue weighted by atomic mass is 28.4. The second-order valence-corrected chi connectivity index (χ2v) is 8.74. The largest absolute Gasteiger partial charge is 0.478 e. The summed E-state index contributed by atoms with van der Waals surface area (Å²) >= 11 is 0. The first-order chi connectivity index (χ1) is 12.5. The Morgan fingerprint density at radius 3 is 1.50 bits per heavy atom. The van der Waals surface area contributed by atoms with Gasteiger partial charge in [-0.15, -0.1) is 0 Å². The number of allylic oxidation sites excluding steroid dienone is 1. The van der Waals surface area contributed by atoms with Crippen LogP contribution >= 0.6 is 0 Å². The molecule has 0 unspecified atom stereocenters. The molecule has 140 valence electrons. The number of hydrogen-bond acceptors (Lipinski definition) is 3. The molecule has 0 atom stereocenters. The SMILES string of the molecule is CC(C)=CC(=O)O.CCO[Si](OCC)(c1ccccc1)c1ccccc1. The van der Waals surface area contributed by atoms with Gasteiger partial charge in [0.15, 0.2) is 0 Å². The Balaban J connectivity index is 0.000000412. The summed E-state index contributed by atoms with van der Waals surface area (Å²) in [5, 5.41) is 10.3. The van der Waals surface area contributed by atoms with Crippen molar-refractivity contribution >= 4 is 24.9 Å². The molecule has 4 nitrogen and oxygen atoms in total. The van der Waals surface area contributed by atoms with Crippen LogP contribution in [0.3, 0.4) is 0 Å². The summed E-state index contributed by atoms with van der Waals surface area (Å²) in [5.74, 6) is -0.875. The van der Waals surface area contributed by atoms with Crippen molar-refractivity contribution in [3.63, 3.8) is 0 Å². The molecule has 5 heteroatoms. The predicted molar refractivity (Wildman–Crippen MR) is 108 cm³/mol. The molecule has 0 aliphatic carbocycles. The van der Waals surface area contributed by atoms with Crippen LogP contribution in [0, 0.1) is 0 Å². The zero-order valence-corrected chi connectivity index (χ0v) is 16.9. The topological polar surface area (TPSA) is 55.8 Å². The number of aliphatic carboxylic acids is 1. The molecule has 0 saturated heterocycles. The first-order valence-corrected chi connectivity index (χ1v) is 10.5. The standard InChI is InChI=1S/C16H20O2Si.C5H8O2/c1-3-17-19(18-4-2,15-11-7-5-8-12-15)16-13-9-6-10-14-16;1-4(2)3-5(6)7/h5-14H,3-4H2,1-2H3;3H,1-2H3,(H,6,7). The van der Waals surface area contributed by atoms with Crippen LogP contribution in [0.15, 0.2) is 72.3 Å². The van der Waals surface area contributed by atoms with E-state index in [1.807, 2.05) is 50.2 Å². The minimum absolute atomic E-state index is 0.649. The normalized spacial score (nSPS) is 10.5. The highest BCUT2D eigenvalue weighted by molar-refractivity contribution is 6.92. The third-order valence-electron chi connectivity index (χ3n) is 3.42. The molecule has 0 aliphatic heterocycles. The lowest BCUT2D eigenvalue weighted by atomic mass is 10.3. The molecule has 0 bridgehead atoms. The summed E-state index contributed by atoms with van der Waals surface area (Å²) in [4.78, 5) is 9.73. The van der Waals surface area contributed by atoms with Crippen LogP contribution < -0.4 is 10.4 Å².